The topological polar surface area (TPSA) is 59.0 Å². The van der Waals surface area contributed by atoms with Crippen molar-refractivity contribution >= 4 is 30.0 Å². The van der Waals surface area contributed by atoms with Gasteiger partial charge in [0.1, 0.15) is 18.1 Å². The highest BCUT2D eigenvalue weighted by atomic mass is 35.5. The number of carbonyl (C=O) groups is 1. The average molecular weight is 466 g/mol. The highest BCUT2D eigenvalue weighted by Crippen LogP contribution is 2.46. The van der Waals surface area contributed by atoms with Gasteiger partial charge < -0.3 is 19.5 Å². The number of halogens is 2. The Balaban J connectivity index is 0.00000272. The minimum absolute atomic E-state index is 0. The highest BCUT2D eigenvalue weighted by Gasteiger charge is 2.43. The van der Waals surface area contributed by atoms with Crippen molar-refractivity contribution in [2.24, 2.45) is 0 Å². The van der Waals surface area contributed by atoms with Gasteiger partial charge in [-0.1, -0.05) is 36.7 Å². The molecule has 0 bridgehead atoms. The lowest BCUT2D eigenvalue weighted by molar-refractivity contribution is -0.137. The predicted molar refractivity (Wildman–Crippen MR) is 124 cm³/mol. The van der Waals surface area contributed by atoms with Gasteiger partial charge in [0.25, 0.3) is 0 Å². The number of carboxylic acid groups (broad SMARTS) is 1. The number of likely N-dealkylation sites (tertiary alicyclic amines) is 1. The molecule has 2 aliphatic rings. The van der Waals surface area contributed by atoms with E-state index in [1.807, 2.05) is 24.3 Å². The Morgan fingerprint density at radius 2 is 2.00 bits per heavy atom. The summed E-state index contributed by atoms with van der Waals surface area (Å²) in [5, 5.41) is 9.62. The van der Waals surface area contributed by atoms with E-state index in [1.165, 1.54) is 11.1 Å². The van der Waals surface area contributed by atoms with Crippen molar-refractivity contribution in [3.63, 3.8) is 0 Å². The molecule has 2 heterocycles. The normalized spacial score (nSPS) is 17.0. The zero-order valence-electron chi connectivity index (χ0n) is 17.7. The van der Waals surface area contributed by atoms with E-state index in [1.54, 1.807) is 0 Å². The van der Waals surface area contributed by atoms with Gasteiger partial charge in [-0.2, -0.15) is 0 Å². The van der Waals surface area contributed by atoms with Crippen molar-refractivity contribution in [1.82, 2.24) is 4.90 Å². The number of aliphatic carboxylic acids is 1. The molecule has 0 saturated carbocycles. The molecule has 1 N–H and O–H groups in total. The fraction of sp³-hybridized carbons (Fsp3) is 0.458. The number of ether oxygens (including phenoxy) is 2. The van der Waals surface area contributed by atoms with E-state index in [2.05, 4.69) is 24.0 Å². The average Bonchev–Trinajstić information content (AvgIpc) is 3.10. The summed E-state index contributed by atoms with van der Waals surface area (Å²) in [4.78, 5) is 13.1. The first kappa shape index (κ1) is 23.7. The van der Waals surface area contributed by atoms with Crippen molar-refractivity contribution in [1.29, 1.82) is 0 Å². The standard InChI is InChI=1S/C24H28ClNO4.ClH/c1-2-17-3-6-21(25)18(13-17)15-29-19-4-5-20-22(14-19)30-16-24(20)8-11-26(12-9-24)10-7-23(27)28;/h3-6,13-14H,2,7-12,15-16H2,1H3,(H,27,28);1H. The van der Waals surface area contributed by atoms with E-state index in [0.29, 0.717) is 19.8 Å². The van der Waals surface area contributed by atoms with Crippen LogP contribution in [0.3, 0.4) is 0 Å². The van der Waals surface area contributed by atoms with Crippen molar-refractivity contribution in [3.8, 4) is 11.5 Å². The maximum atomic E-state index is 10.8. The van der Waals surface area contributed by atoms with Crippen molar-refractivity contribution in [2.45, 2.75) is 44.6 Å². The number of rotatable bonds is 7. The van der Waals surface area contributed by atoms with Crippen LogP contribution in [0.4, 0.5) is 0 Å². The summed E-state index contributed by atoms with van der Waals surface area (Å²) in [7, 11) is 0. The van der Waals surface area contributed by atoms with Crippen LogP contribution in [0.5, 0.6) is 11.5 Å². The lowest BCUT2D eigenvalue weighted by Crippen LogP contribution is -2.44. The van der Waals surface area contributed by atoms with Crippen LogP contribution < -0.4 is 9.47 Å². The SMILES string of the molecule is CCc1ccc(Cl)c(COc2ccc3c(c2)OCC32CCN(CCC(=O)O)CC2)c1.Cl. The van der Waals surface area contributed by atoms with Gasteiger partial charge in [-0.05, 0) is 50.0 Å². The third kappa shape index (κ3) is 5.28. The molecule has 0 radical (unpaired) electrons. The minimum atomic E-state index is -0.736. The van der Waals surface area contributed by atoms with E-state index >= 15 is 0 Å². The summed E-state index contributed by atoms with van der Waals surface area (Å²) < 4.78 is 12.1. The van der Waals surface area contributed by atoms with Gasteiger partial charge in [-0.25, -0.2) is 0 Å². The van der Waals surface area contributed by atoms with Crippen molar-refractivity contribution < 1.29 is 19.4 Å². The molecule has 31 heavy (non-hydrogen) atoms. The second-order valence-corrected chi connectivity index (χ2v) is 8.69. The maximum absolute atomic E-state index is 10.8. The van der Waals surface area contributed by atoms with Crippen LogP contribution in [0.2, 0.25) is 5.02 Å². The number of benzene rings is 2. The Hall–Kier alpha value is -1.95. The molecule has 1 spiro atoms. The molecule has 1 saturated heterocycles. The summed E-state index contributed by atoms with van der Waals surface area (Å²) in [6.07, 6.45) is 3.14. The molecule has 0 unspecified atom stereocenters. The number of hydrogen-bond donors (Lipinski definition) is 1. The van der Waals surface area contributed by atoms with Crippen LogP contribution in [0.15, 0.2) is 36.4 Å². The molecule has 5 nitrogen and oxygen atoms in total. The van der Waals surface area contributed by atoms with Gasteiger partial charge in [0.15, 0.2) is 0 Å². The zero-order chi connectivity index (χ0) is 21.1. The lowest BCUT2D eigenvalue weighted by Gasteiger charge is -2.38. The Kier molecular flexibility index (Phi) is 7.73. The molecule has 2 aromatic carbocycles. The summed E-state index contributed by atoms with van der Waals surface area (Å²) in [6.45, 7) is 5.66. The van der Waals surface area contributed by atoms with Crippen LogP contribution in [0, 0.1) is 0 Å². The Morgan fingerprint density at radius 3 is 2.71 bits per heavy atom. The Morgan fingerprint density at radius 1 is 1.23 bits per heavy atom. The molecule has 0 atom stereocenters. The second kappa shape index (κ2) is 10.1. The first-order chi connectivity index (χ1) is 14.5. The van der Waals surface area contributed by atoms with E-state index in [4.69, 9.17) is 26.2 Å². The predicted octanol–water partition coefficient (Wildman–Crippen LogP) is 5.10. The fourth-order valence-electron chi connectivity index (χ4n) is 4.44. The molecule has 168 valence electrons. The Bertz CT molecular complexity index is 926. The van der Waals surface area contributed by atoms with Gasteiger partial charge in [-0.3, -0.25) is 4.79 Å². The molecule has 0 amide bonds. The molecule has 4 rings (SSSR count). The third-order valence-corrected chi connectivity index (χ3v) is 6.76. The molecule has 1 fully saturated rings. The molecular formula is C24H29Cl2NO4. The van der Waals surface area contributed by atoms with Gasteiger partial charge in [0.05, 0.1) is 13.0 Å². The van der Waals surface area contributed by atoms with Crippen LogP contribution in [-0.2, 0) is 23.2 Å². The van der Waals surface area contributed by atoms with E-state index in [-0.39, 0.29) is 24.2 Å². The summed E-state index contributed by atoms with van der Waals surface area (Å²) in [6, 6.07) is 12.2. The number of aryl methyl sites for hydroxylation is 1. The highest BCUT2D eigenvalue weighted by molar-refractivity contribution is 6.31. The Labute approximate surface area is 194 Å². The van der Waals surface area contributed by atoms with Crippen LogP contribution in [0.25, 0.3) is 0 Å². The maximum Gasteiger partial charge on any atom is 0.304 e. The minimum Gasteiger partial charge on any atom is -0.492 e. The molecule has 7 heteroatoms. The van der Waals surface area contributed by atoms with Gasteiger partial charge in [0, 0.05) is 34.2 Å². The summed E-state index contributed by atoms with van der Waals surface area (Å²) >= 11 is 6.32. The van der Waals surface area contributed by atoms with E-state index < -0.39 is 5.97 Å². The third-order valence-electron chi connectivity index (χ3n) is 6.40. The largest absolute Gasteiger partial charge is 0.492 e. The monoisotopic (exact) mass is 465 g/mol. The van der Waals surface area contributed by atoms with Crippen molar-refractivity contribution in [2.75, 3.05) is 26.2 Å². The van der Waals surface area contributed by atoms with Gasteiger partial charge >= 0.3 is 5.97 Å². The van der Waals surface area contributed by atoms with Gasteiger partial charge in [0.2, 0.25) is 0 Å². The quantitative estimate of drug-likeness (QED) is 0.615. The fourth-order valence-corrected chi connectivity index (χ4v) is 4.61. The molecule has 2 aliphatic heterocycles. The summed E-state index contributed by atoms with van der Waals surface area (Å²) in [5.74, 6) is 0.947. The number of hydrogen-bond acceptors (Lipinski definition) is 4. The molecule has 2 aromatic rings. The lowest BCUT2D eigenvalue weighted by atomic mass is 9.74. The van der Waals surface area contributed by atoms with Crippen LogP contribution >= 0.6 is 24.0 Å². The van der Waals surface area contributed by atoms with Gasteiger partial charge in [-0.15, -0.1) is 12.4 Å². The number of fused-ring (bicyclic) bond motifs is 2. The number of carboxylic acids is 1. The smallest absolute Gasteiger partial charge is 0.304 e. The molecular weight excluding hydrogens is 437 g/mol. The molecule has 0 aromatic heterocycles. The number of nitrogens with zero attached hydrogens (tertiary/aromatic N) is 1. The first-order valence-corrected chi connectivity index (χ1v) is 11.0. The second-order valence-electron chi connectivity index (χ2n) is 8.28. The summed E-state index contributed by atoms with van der Waals surface area (Å²) in [5.41, 5.74) is 3.51. The first-order valence-electron chi connectivity index (χ1n) is 10.6. The van der Waals surface area contributed by atoms with Crippen LogP contribution in [0.1, 0.15) is 42.9 Å². The van der Waals surface area contributed by atoms with Crippen molar-refractivity contribution in [3.05, 3.63) is 58.1 Å². The number of piperidine rings is 1. The van der Waals surface area contributed by atoms with E-state index in [9.17, 15) is 4.79 Å². The van der Waals surface area contributed by atoms with E-state index in [0.717, 1.165) is 54.4 Å². The zero-order valence-corrected chi connectivity index (χ0v) is 19.3. The molecule has 0 aliphatic carbocycles. The van der Waals surface area contributed by atoms with Crippen LogP contribution in [-0.4, -0.2) is 42.2 Å².